The maximum absolute atomic E-state index is 13.5. The molecule has 0 aliphatic carbocycles. The molecule has 1 unspecified atom stereocenters. The van der Waals surface area contributed by atoms with Gasteiger partial charge in [-0.2, -0.15) is 9.78 Å². The average Bonchev–Trinajstić information content (AvgIpc) is 3.63. The van der Waals surface area contributed by atoms with Crippen molar-refractivity contribution in [2.75, 3.05) is 25.5 Å². The van der Waals surface area contributed by atoms with Gasteiger partial charge in [0.05, 0.1) is 35.3 Å². The van der Waals surface area contributed by atoms with Crippen LogP contribution in [0.5, 0.6) is 0 Å². The SMILES string of the molecule is COC(=O)Nc1ccc(-c2cc(C(C[C@@H]3CCCN(S(=O)(=O)C(C)C)C3)NC(=O)/C=C/c3cc(Cl)ccc3-n3cnnn3)n[nH]c2=O)cc1. The molecule has 0 radical (unpaired) electrons. The first-order chi connectivity index (χ1) is 23.4. The third-order valence-electron chi connectivity index (χ3n) is 8.13. The number of sulfonamides is 1. The molecule has 1 aliphatic rings. The quantitative estimate of drug-likeness (QED) is 0.192. The number of benzene rings is 2. The van der Waals surface area contributed by atoms with E-state index in [1.54, 1.807) is 68.5 Å². The second kappa shape index (κ2) is 15.5. The van der Waals surface area contributed by atoms with Crippen molar-refractivity contribution in [2.45, 2.75) is 44.4 Å². The van der Waals surface area contributed by atoms with Gasteiger partial charge >= 0.3 is 6.09 Å². The maximum Gasteiger partial charge on any atom is 0.411 e. The maximum atomic E-state index is 13.5. The Kier molecular flexibility index (Phi) is 11.2. The largest absolute Gasteiger partial charge is 0.453 e. The molecule has 1 fully saturated rings. The first-order valence-electron chi connectivity index (χ1n) is 15.5. The van der Waals surface area contributed by atoms with Gasteiger partial charge < -0.3 is 10.1 Å². The number of ether oxygens (including phenoxy) is 1. The molecule has 5 rings (SSSR count). The Morgan fingerprint density at radius 3 is 2.63 bits per heavy atom. The predicted octanol–water partition coefficient (Wildman–Crippen LogP) is 3.96. The van der Waals surface area contributed by atoms with E-state index in [4.69, 9.17) is 11.6 Å². The summed E-state index contributed by atoms with van der Waals surface area (Å²) < 4.78 is 33.6. The molecule has 0 bridgehead atoms. The van der Waals surface area contributed by atoms with Crippen LogP contribution in [0.3, 0.4) is 0 Å². The van der Waals surface area contributed by atoms with E-state index in [-0.39, 0.29) is 5.92 Å². The fourth-order valence-corrected chi connectivity index (χ4v) is 7.16. The number of tetrazole rings is 1. The Hall–Kier alpha value is -4.93. The van der Waals surface area contributed by atoms with Crippen LogP contribution in [0.2, 0.25) is 5.02 Å². The monoisotopic (exact) mass is 709 g/mol. The molecule has 0 saturated carbocycles. The summed E-state index contributed by atoms with van der Waals surface area (Å²) in [7, 11) is -2.22. The van der Waals surface area contributed by atoms with Crippen LogP contribution in [-0.4, -0.2) is 80.6 Å². The minimum absolute atomic E-state index is 0.100. The predicted molar refractivity (Wildman–Crippen MR) is 183 cm³/mol. The smallest absolute Gasteiger partial charge is 0.411 e. The van der Waals surface area contributed by atoms with E-state index in [2.05, 4.69) is 41.1 Å². The molecule has 1 saturated heterocycles. The standard InChI is InChI=1S/C32H36ClN9O6S/c1-20(2)49(46,47)41-14-4-5-21(18-41)15-27(36-30(43)13-8-23-16-24(33)9-12-29(23)42-19-34-39-40-42)28-17-26(31(44)38-37-28)22-6-10-25(11-7-22)35-32(45)48-3/h6-13,16-17,19-21,27H,4-5,14-15,18H2,1-3H3,(H,35,45)(H,36,43)(H,38,44)/b13-8+/t21-,27?/m0/s1. The molecule has 49 heavy (non-hydrogen) atoms. The summed E-state index contributed by atoms with van der Waals surface area (Å²) >= 11 is 6.24. The topological polar surface area (TPSA) is 194 Å². The number of halogens is 1. The number of nitrogens with zero attached hydrogens (tertiary/aromatic N) is 6. The van der Waals surface area contributed by atoms with Crippen molar-refractivity contribution in [2.24, 2.45) is 5.92 Å². The Balaban J connectivity index is 1.44. The van der Waals surface area contributed by atoms with Crippen LogP contribution in [0.15, 0.2) is 65.7 Å². The second-order valence-electron chi connectivity index (χ2n) is 11.8. The zero-order valence-electron chi connectivity index (χ0n) is 27.0. The van der Waals surface area contributed by atoms with Crippen LogP contribution < -0.4 is 16.2 Å². The molecule has 15 nitrogen and oxygen atoms in total. The van der Waals surface area contributed by atoms with E-state index in [0.29, 0.717) is 64.7 Å². The third-order valence-corrected chi connectivity index (χ3v) is 10.6. The van der Waals surface area contributed by atoms with E-state index in [9.17, 15) is 22.8 Å². The normalized spacial score (nSPS) is 16.1. The molecule has 17 heteroatoms. The van der Waals surface area contributed by atoms with Crippen LogP contribution in [0.25, 0.3) is 22.9 Å². The molecule has 258 valence electrons. The zero-order valence-corrected chi connectivity index (χ0v) is 28.6. The summed E-state index contributed by atoms with van der Waals surface area (Å²) in [4.78, 5) is 38.0. The van der Waals surface area contributed by atoms with Crippen molar-refractivity contribution < 1.29 is 22.7 Å². The molecule has 4 aromatic rings. The van der Waals surface area contributed by atoms with Gasteiger partial charge in [-0.1, -0.05) is 23.7 Å². The van der Waals surface area contributed by atoms with Crippen LogP contribution in [0.1, 0.15) is 50.4 Å². The number of nitrogens with one attached hydrogen (secondary N) is 3. The van der Waals surface area contributed by atoms with Gasteiger partial charge in [0, 0.05) is 35.4 Å². The Bertz CT molecular complexity index is 1980. The molecule has 1 aliphatic heterocycles. The number of anilines is 1. The number of aromatic nitrogens is 6. The highest BCUT2D eigenvalue weighted by atomic mass is 35.5. The van der Waals surface area contributed by atoms with Crippen molar-refractivity contribution in [1.82, 2.24) is 40.0 Å². The van der Waals surface area contributed by atoms with E-state index < -0.39 is 38.9 Å². The van der Waals surface area contributed by atoms with E-state index >= 15 is 0 Å². The number of amides is 2. The van der Waals surface area contributed by atoms with Crippen molar-refractivity contribution in [3.8, 4) is 16.8 Å². The van der Waals surface area contributed by atoms with Crippen molar-refractivity contribution in [3.05, 3.63) is 87.6 Å². The van der Waals surface area contributed by atoms with Gasteiger partial charge in [0.15, 0.2) is 0 Å². The Morgan fingerprint density at radius 1 is 1.16 bits per heavy atom. The first-order valence-corrected chi connectivity index (χ1v) is 17.4. The minimum Gasteiger partial charge on any atom is -0.453 e. The summed E-state index contributed by atoms with van der Waals surface area (Å²) in [6, 6.07) is 12.6. The number of aromatic amines is 1. The lowest BCUT2D eigenvalue weighted by Gasteiger charge is -2.34. The summed E-state index contributed by atoms with van der Waals surface area (Å²) in [6.45, 7) is 4.04. The first kappa shape index (κ1) is 35.4. The van der Waals surface area contributed by atoms with Crippen LogP contribution in [0, 0.1) is 5.92 Å². The zero-order chi connectivity index (χ0) is 35.1. The number of H-pyrrole nitrogens is 1. The number of carbonyl (C=O) groups excluding carboxylic acids is 2. The van der Waals surface area contributed by atoms with E-state index in [0.717, 1.165) is 6.42 Å². The fourth-order valence-electron chi connectivity index (χ4n) is 5.58. The van der Waals surface area contributed by atoms with Crippen molar-refractivity contribution in [3.63, 3.8) is 0 Å². The highest BCUT2D eigenvalue weighted by molar-refractivity contribution is 7.89. The molecular weight excluding hydrogens is 674 g/mol. The van der Waals surface area contributed by atoms with Gasteiger partial charge in [-0.25, -0.2) is 22.6 Å². The van der Waals surface area contributed by atoms with Gasteiger partial charge in [0.1, 0.15) is 6.33 Å². The van der Waals surface area contributed by atoms with Crippen LogP contribution in [-0.2, 0) is 19.6 Å². The van der Waals surface area contributed by atoms with Crippen molar-refractivity contribution >= 4 is 45.4 Å². The van der Waals surface area contributed by atoms with Gasteiger partial charge in [0.2, 0.25) is 15.9 Å². The van der Waals surface area contributed by atoms with E-state index in [1.807, 2.05) is 0 Å². The molecule has 0 spiro atoms. The lowest BCUT2D eigenvalue weighted by Crippen LogP contribution is -2.44. The van der Waals surface area contributed by atoms with Gasteiger partial charge in [-0.3, -0.25) is 14.9 Å². The highest BCUT2D eigenvalue weighted by Crippen LogP contribution is 2.30. The molecule has 3 heterocycles. The molecular formula is C32H36ClN9O6S. The number of rotatable bonds is 11. The third kappa shape index (κ3) is 8.76. The summed E-state index contributed by atoms with van der Waals surface area (Å²) in [5.41, 5.74) is 2.43. The number of carbonyl (C=O) groups is 2. The summed E-state index contributed by atoms with van der Waals surface area (Å²) in [5.74, 6) is -0.556. The number of piperidine rings is 1. The highest BCUT2D eigenvalue weighted by Gasteiger charge is 2.33. The van der Waals surface area contributed by atoms with E-state index in [1.165, 1.54) is 28.5 Å². The van der Waals surface area contributed by atoms with Gasteiger partial charge in [-0.05, 0) is 97.5 Å². The average molecular weight is 710 g/mol. The van der Waals surface area contributed by atoms with Crippen LogP contribution in [0.4, 0.5) is 10.5 Å². The number of methoxy groups -OCH3 is 1. The lowest BCUT2D eigenvalue weighted by atomic mass is 9.90. The molecule has 3 N–H and O–H groups in total. The Morgan fingerprint density at radius 2 is 1.94 bits per heavy atom. The summed E-state index contributed by atoms with van der Waals surface area (Å²) in [6.07, 6.45) is 5.50. The molecule has 2 atom stereocenters. The Labute approximate surface area is 287 Å². The number of hydrogen-bond donors (Lipinski definition) is 3. The minimum atomic E-state index is -3.47. The molecule has 2 aromatic heterocycles. The lowest BCUT2D eigenvalue weighted by molar-refractivity contribution is -0.117. The van der Waals surface area contributed by atoms with Crippen LogP contribution >= 0.6 is 11.6 Å². The molecule has 2 amide bonds. The van der Waals surface area contributed by atoms with Gasteiger partial charge in [0.25, 0.3) is 5.56 Å². The molecule has 2 aromatic carbocycles. The van der Waals surface area contributed by atoms with Gasteiger partial charge in [-0.15, -0.1) is 5.10 Å². The second-order valence-corrected chi connectivity index (χ2v) is 14.7. The summed E-state index contributed by atoms with van der Waals surface area (Å²) in [5, 5.41) is 23.6. The fraction of sp³-hybridized carbons (Fsp3) is 0.344. The van der Waals surface area contributed by atoms with Crippen molar-refractivity contribution in [1.29, 1.82) is 0 Å². The number of hydrogen-bond acceptors (Lipinski definition) is 10.